The third kappa shape index (κ3) is 3.38. The summed E-state index contributed by atoms with van der Waals surface area (Å²) < 4.78 is 47.6. The van der Waals surface area contributed by atoms with Gasteiger partial charge in [-0.15, -0.1) is 5.10 Å². The number of halogens is 1. The van der Waals surface area contributed by atoms with Crippen LogP contribution in [0.15, 0.2) is 59.6 Å². The molecule has 0 aliphatic carbocycles. The number of methoxy groups -OCH3 is 1. The zero-order chi connectivity index (χ0) is 19.7. The lowest BCUT2D eigenvalue weighted by Gasteiger charge is -2.17. The highest BCUT2D eigenvalue weighted by molar-refractivity contribution is 7.89. The van der Waals surface area contributed by atoms with E-state index in [1.165, 1.54) is 23.5 Å². The number of aromatic nitrogens is 3. The molecule has 3 aromatic rings. The maximum absolute atomic E-state index is 13.9. The summed E-state index contributed by atoms with van der Waals surface area (Å²) in [5.41, 5.74) is 1.68. The van der Waals surface area contributed by atoms with Gasteiger partial charge in [-0.3, -0.25) is 0 Å². The van der Waals surface area contributed by atoms with E-state index in [2.05, 4.69) is 10.3 Å². The van der Waals surface area contributed by atoms with E-state index in [-0.39, 0.29) is 23.2 Å². The SMILES string of the molecule is COc1ccc(S(=O)(=O)N2CCC(n3cc(-c4ccccc4)nn3)C2)cc1F. The summed E-state index contributed by atoms with van der Waals surface area (Å²) in [4.78, 5) is -0.0879. The second-order valence-corrected chi connectivity index (χ2v) is 8.49. The van der Waals surface area contributed by atoms with Crippen molar-refractivity contribution in [3.05, 3.63) is 60.5 Å². The largest absolute Gasteiger partial charge is 0.494 e. The standard InChI is InChI=1S/C19H19FN4O3S/c1-27-19-8-7-16(11-17(19)20)28(25,26)23-10-9-15(12-23)24-13-18(21-22-24)14-5-3-2-4-6-14/h2-8,11,13,15H,9-10,12H2,1H3. The molecule has 1 saturated heterocycles. The highest BCUT2D eigenvalue weighted by atomic mass is 32.2. The quantitative estimate of drug-likeness (QED) is 0.656. The molecular formula is C19H19FN4O3S. The fraction of sp³-hybridized carbons (Fsp3) is 0.263. The van der Waals surface area contributed by atoms with Gasteiger partial charge in [0, 0.05) is 18.7 Å². The topological polar surface area (TPSA) is 77.3 Å². The molecule has 28 heavy (non-hydrogen) atoms. The number of hydrogen-bond donors (Lipinski definition) is 0. The molecule has 2 aromatic carbocycles. The van der Waals surface area contributed by atoms with Gasteiger partial charge in [0.2, 0.25) is 10.0 Å². The molecule has 2 heterocycles. The van der Waals surface area contributed by atoms with Gasteiger partial charge in [-0.25, -0.2) is 17.5 Å². The normalized spacial score (nSPS) is 17.7. The second-order valence-electron chi connectivity index (χ2n) is 6.55. The van der Waals surface area contributed by atoms with E-state index in [1.54, 1.807) is 4.68 Å². The molecule has 9 heteroatoms. The fourth-order valence-electron chi connectivity index (χ4n) is 3.30. The molecule has 0 bridgehead atoms. The Morgan fingerprint density at radius 2 is 1.96 bits per heavy atom. The lowest BCUT2D eigenvalue weighted by Crippen LogP contribution is -2.29. The van der Waals surface area contributed by atoms with Crippen molar-refractivity contribution in [1.82, 2.24) is 19.3 Å². The Kier molecular flexibility index (Phi) is 4.86. The molecule has 0 radical (unpaired) electrons. The van der Waals surface area contributed by atoms with Gasteiger partial charge in [-0.05, 0) is 24.6 Å². The van der Waals surface area contributed by atoms with Gasteiger partial charge in [0.25, 0.3) is 0 Å². The van der Waals surface area contributed by atoms with Crippen LogP contribution in [0.5, 0.6) is 5.75 Å². The third-order valence-corrected chi connectivity index (χ3v) is 6.70. The first-order valence-corrected chi connectivity index (χ1v) is 10.2. The van der Waals surface area contributed by atoms with E-state index in [0.717, 1.165) is 17.3 Å². The Morgan fingerprint density at radius 3 is 2.68 bits per heavy atom. The van der Waals surface area contributed by atoms with Crippen LogP contribution in [0.1, 0.15) is 12.5 Å². The summed E-state index contributed by atoms with van der Waals surface area (Å²) in [6.07, 6.45) is 2.43. The van der Waals surface area contributed by atoms with Gasteiger partial charge in [0.05, 0.1) is 24.2 Å². The minimum atomic E-state index is -3.80. The zero-order valence-electron chi connectivity index (χ0n) is 15.2. The highest BCUT2D eigenvalue weighted by Crippen LogP contribution is 2.29. The molecular weight excluding hydrogens is 383 g/mol. The first-order chi connectivity index (χ1) is 13.5. The summed E-state index contributed by atoms with van der Waals surface area (Å²) in [6, 6.07) is 13.2. The van der Waals surface area contributed by atoms with Crippen molar-refractivity contribution in [3.63, 3.8) is 0 Å². The van der Waals surface area contributed by atoms with Crippen LogP contribution < -0.4 is 4.74 Å². The molecule has 7 nitrogen and oxygen atoms in total. The van der Waals surface area contributed by atoms with E-state index in [1.807, 2.05) is 36.5 Å². The Balaban J connectivity index is 1.52. The lowest BCUT2D eigenvalue weighted by atomic mass is 10.2. The van der Waals surface area contributed by atoms with E-state index >= 15 is 0 Å². The van der Waals surface area contributed by atoms with Crippen molar-refractivity contribution in [2.24, 2.45) is 0 Å². The van der Waals surface area contributed by atoms with Gasteiger partial charge in [0.1, 0.15) is 5.69 Å². The average Bonchev–Trinajstić information content (AvgIpc) is 3.38. The molecule has 1 unspecified atom stereocenters. The van der Waals surface area contributed by atoms with Crippen molar-refractivity contribution < 1.29 is 17.5 Å². The van der Waals surface area contributed by atoms with Crippen LogP contribution in [0, 0.1) is 5.82 Å². The monoisotopic (exact) mass is 402 g/mol. The van der Waals surface area contributed by atoms with Gasteiger partial charge >= 0.3 is 0 Å². The van der Waals surface area contributed by atoms with E-state index in [9.17, 15) is 12.8 Å². The predicted molar refractivity (Wildman–Crippen MR) is 101 cm³/mol. The van der Waals surface area contributed by atoms with Crippen molar-refractivity contribution in [2.75, 3.05) is 20.2 Å². The van der Waals surface area contributed by atoms with Crippen LogP contribution in [0.3, 0.4) is 0 Å². The van der Waals surface area contributed by atoms with Crippen molar-refractivity contribution >= 4 is 10.0 Å². The highest BCUT2D eigenvalue weighted by Gasteiger charge is 2.34. The molecule has 1 atom stereocenters. The van der Waals surface area contributed by atoms with Gasteiger partial charge in [-0.2, -0.15) is 4.31 Å². The lowest BCUT2D eigenvalue weighted by molar-refractivity contribution is 0.385. The van der Waals surface area contributed by atoms with Crippen LogP contribution in [-0.2, 0) is 10.0 Å². The first-order valence-electron chi connectivity index (χ1n) is 8.80. The van der Waals surface area contributed by atoms with Crippen molar-refractivity contribution in [3.8, 4) is 17.0 Å². The van der Waals surface area contributed by atoms with E-state index in [4.69, 9.17) is 4.74 Å². The number of sulfonamides is 1. The molecule has 0 spiro atoms. The van der Waals surface area contributed by atoms with Crippen LogP contribution in [0.2, 0.25) is 0 Å². The number of rotatable bonds is 5. The zero-order valence-corrected chi connectivity index (χ0v) is 16.0. The Hall–Kier alpha value is -2.78. The Bertz CT molecular complexity index is 1090. The Labute approximate surface area is 162 Å². The smallest absolute Gasteiger partial charge is 0.243 e. The molecule has 0 N–H and O–H groups in total. The maximum Gasteiger partial charge on any atom is 0.243 e. The number of benzene rings is 2. The van der Waals surface area contributed by atoms with Gasteiger partial charge in [0.15, 0.2) is 11.6 Å². The molecule has 1 aliphatic heterocycles. The second kappa shape index (κ2) is 7.33. The van der Waals surface area contributed by atoms with Gasteiger partial charge in [-0.1, -0.05) is 35.5 Å². The number of nitrogens with zero attached hydrogens (tertiary/aromatic N) is 4. The maximum atomic E-state index is 13.9. The average molecular weight is 402 g/mol. The van der Waals surface area contributed by atoms with E-state index < -0.39 is 15.8 Å². The first kappa shape index (κ1) is 18.6. The van der Waals surface area contributed by atoms with Crippen LogP contribution in [-0.4, -0.2) is 47.9 Å². The third-order valence-electron chi connectivity index (χ3n) is 4.84. The molecule has 146 valence electrons. The minimum absolute atomic E-state index is 0.00862. The van der Waals surface area contributed by atoms with Crippen molar-refractivity contribution in [2.45, 2.75) is 17.4 Å². The molecule has 1 aliphatic rings. The fourth-order valence-corrected chi connectivity index (χ4v) is 4.80. The van der Waals surface area contributed by atoms with Crippen LogP contribution >= 0.6 is 0 Å². The molecule has 0 amide bonds. The van der Waals surface area contributed by atoms with Crippen LogP contribution in [0.4, 0.5) is 4.39 Å². The summed E-state index contributed by atoms with van der Waals surface area (Å²) in [7, 11) is -2.46. The van der Waals surface area contributed by atoms with Gasteiger partial charge < -0.3 is 4.74 Å². The summed E-state index contributed by atoms with van der Waals surface area (Å²) in [5.74, 6) is -0.697. The minimum Gasteiger partial charge on any atom is -0.494 e. The summed E-state index contributed by atoms with van der Waals surface area (Å²) >= 11 is 0. The molecule has 1 aromatic heterocycles. The predicted octanol–water partition coefficient (Wildman–Crippen LogP) is 2.73. The molecule has 4 rings (SSSR count). The van der Waals surface area contributed by atoms with E-state index in [0.29, 0.717) is 13.0 Å². The number of hydrogen-bond acceptors (Lipinski definition) is 5. The summed E-state index contributed by atoms with van der Waals surface area (Å²) in [5, 5.41) is 8.36. The molecule has 1 fully saturated rings. The number of ether oxygens (including phenoxy) is 1. The molecule has 0 saturated carbocycles. The van der Waals surface area contributed by atoms with Crippen molar-refractivity contribution in [1.29, 1.82) is 0 Å². The Morgan fingerprint density at radius 1 is 1.18 bits per heavy atom. The summed E-state index contributed by atoms with van der Waals surface area (Å²) in [6.45, 7) is 0.592. The van der Waals surface area contributed by atoms with Crippen LogP contribution in [0.25, 0.3) is 11.3 Å².